The van der Waals surface area contributed by atoms with Gasteiger partial charge in [0.2, 0.25) is 0 Å². The molecule has 1 aliphatic rings. The predicted molar refractivity (Wildman–Crippen MR) is 119 cm³/mol. The standard InChI is InChI=1S/C25H23FN2O5/c1-25(2,3)23(30)20-21(17-13-15(26)7-10-19(17)32-4)28(24(31)22(20)29)16-8-5-14(6-9-16)18-11-12-33-27-18/h5-13,21,29H,1-4H3. The Morgan fingerprint density at radius 1 is 1.15 bits per heavy atom. The quantitative estimate of drug-likeness (QED) is 0.588. The first-order valence-electron chi connectivity index (χ1n) is 10.3. The van der Waals surface area contributed by atoms with Gasteiger partial charge in [0.1, 0.15) is 23.5 Å². The van der Waals surface area contributed by atoms with E-state index in [9.17, 15) is 19.1 Å². The highest BCUT2D eigenvalue weighted by Gasteiger charge is 2.47. The number of aromatic nitrogens is 1. The van der Waals surface area contributed by atoms with Gasteiger partial charge in [-0.1, -0.05) is 38.1 Å². The Morgan fingerprint density at radius 3 is 2.42 bits per heavy atom. The Hall–Kier alpha value is -3.94. The number of aliphatic hydroxyl groups is 1. The van der Waals surface area contributed by atoms with E-state index in [-0.39, 0.29) is 16.9 Å². The van der Waals surface area contributed by atoms with E-state index in [2.05, 4.69) is 5.16 Å². The number of hydrogen-bond donors (Lipinski definition) is 1. The highest BCUT2D eigenvalue weighted by molar-refractivity contribution is 6.17. The largest absolute Gasteiger partial charge is 0.503 e. The predicted octanol–water partition coefficient (Wildman–Crippen LogP) is 5.00. The summed E-state index contributed by atoms with van der Waals surface area (Å²) < 4.78 is 24.6. The molecule has 0 saturated heterocycles. The first-order chi connectivity index (χ1) is 15.6. The van der Waals surface area contributed by atoms with Crippen molar-refractivity contribution in [2.45, 2.75) is 26.8 Å². The van der Waals surface area contributed by atoms with E-state index < -0.39 is 34.7 Å². The monoisotopic (exact) mass is 450 g/mol. The van der Waals surface area contributed by atoms with Crippen LogP contribution in [0.3, 0.4) is 0 Å². The summed E-state index contributed by atoms with van der Waals surface area (Å²) in [6.45, 7) is 5.07. The SMILES string of the molecule is COc1ccc(F)cc1C1C(C(=O)C(C)(C)C)=C(O)C(=O)N1c1ccc(-c2ccon2)cc1. The molecule has 0 radical (unpaired) electrons. The highest BCUT2D eigenvalue weighted by Crippen LogP contribution is 2.46. The molecule has 8 heteroatoms. The summed E-state index contributed by atoms with van der Waals surface area (Å²) in [5.41, 5.74) is 1.03. The number of benzene rings is 2. The molecular formula is C25H23FN2O5. The lowest BCUT2D eigenvalue weighted by Gasteiger charge is -2.30. The van der Waals surface area contributed by atoms with E-state index in [0.29, 0.717) is 11.4 Å². The van der Waals surface area contributed by atoms with Gasteiger partial charge in [0.15, 0.2) is 11.5 Å². The van der Waals surface area contributed by atoms with Gasteiger partial charge in [-0.3, -0.25) is 14.5 Å². The summed E-state index contributed by atoms with van der Waals surface area (Å²) in [7, 11) is 1.42. The Bertz CT molecular complexity index is 1240. The molecule has 0 saturated carbocycles. The molecular weight excluding hydrogens is 427 g/mol. The van der Waals surface area contributed by atoms with Crippen LogP contribution in [0, 0.1) is 11.2 Å². The van der Waals surface area contributed by atoms with E-state index >= 15 is 0 Å². The zero-order valence-corrected chi connectivity index (χ0v) is 18.6. The zero-order chi connectivity index (χ0) is 23.9. The van der Waals surface area contributed by atoms with Crippen LogP contribution in [-0.4, -0.2) is 29.1 Å². The van der Waals surface area contributed by atoms with E-state index in [0.717, 1.165) is 5.56 Å². The Kier molecular flexibility index (Phi) is 5.53. The van der Waals surface area contributed by atoms with Gasteiger partial charge in [-0.2, -0.15) is 0 Å². The minimum absolute atomic E-state index is 0.100. The van der Waals surface area contributed by atoms with Crippen LogP contribution < -0.4 is 9.64 Å². The Morgan fingerprint density at radius 2 is 1.85 bits per heavy atom. The molecule has 1 aromatic heterocycles. The number of rotatable bonds is 5. The van der Waals surface area contributed by atoms with E-state index in [1.165, 1.54) is 36.5 Å². The second kappa shape index (κ2) is 8.20. The van der Waals surface area contributed by atoms with E-state index in [4.69, 9.17) is 9.26 Å². The number of halogens is 1. The first-order valence-corrected chi connectivity index (χ1v) is 10.3. The van der Waals surface area contributed by atoms with Crippen molar-refractivity contribution in [1.82, 2.24) is 5.16 Å². The van der Waals surface area contributed by atoms with Gasteiger partial charge in [-0.25, -0.2) is 4.39 Å². The maximum absolute atomic E-state index is 14.3. The van der Waals surface area contributed by atoms with Crippen LogP contribution >= 0.6 is 0 Å². The smallest absolute Gasteiger partial charge is 0.294 e. The Balaban J connectivity index is 1.88. The van der Waals surface area contributed by atoms with Crippen LogP contribution in [0.1, 0.15) is 32.4 Å². The molecule has 7 nitrogen and oxygen atoms in total. The molecule has 0 aliphatic carbocycles. The van der Waals surface area contributed by atoms with Crippen molar-refractivity contribution < 1.29 is 28.3 Å². The van der Waals surface area contributed by atoms with Gasteiger partial charge in [-0.15, -0.1) is 0 Å². The van der Waals surface area contributed by atoms with Crippen molar-refractivity contribution in [2.75, 3.05) is 12.0 Å². The van der Waals surface area contributed by atoms with Crippen molar-refractivity contribution >= 4 is 17.4 Å². The maximum Gasteiger partial charge on any atom is 0.294 e. The van der Waals surface area contributed by atoms with Crippen molar-refractivity contribution in [2.24, 2.45) is 5.41 Å². The molecule has 4 rings (SSSR count). The number of ketones is 1. The molecule has 33 heavy (non-hydrogen) atoms. The molecule has 1 aliphatic heterocycles. The van der Waals surface area contributed by atoms with Crippen molar-refractivity contribution in [3.63, 3.8) is 0 Å². The third kappa shape index (κ3) is 3.88. The number of anilines is 1. The summed E-state index contributed by atoms with van der Waals surface area (Å²) in [6, 6.07) is 11.3. The number of ether oxygens (including phenoxy) is 1. The van der Waals surface area contributed by atoms with Gasteiger partial charge in [0.25, 0.3) is 5.91 Å². The molecule has 3 aromatic rings. The van der Waals surface area contributed by atoms with Crippen molar-refractivity contribution in [3.05, 3.63) is 77.5 Å². The minimum atomic E-state index is -1.08. The number of carbonyl (C=O) groups excluding carboxylic acids is 2. The molecule has 2 heterocycles. The molecule has 0 fully saturated rings. The summed E-state index contributed by atoms with van der Waals surface area (Å²) in [5.74, 6) is -2.12. The maximum atomic E-state index is 14.3. The van der Waals surface area contributed by atoms with E-state index in [1.807, 2.05) is 0 Å². The lowest BCUT2D eigenvalue weighted by Crippen LogP contribution is -2.33. The number of amides is 1. The van der Waals surface area contributed by atoms with Crippen LogP contribution in [0.2, 0.25) is 0 Å². The molecule has 1 atom stereocenters. The normalized spacial score (nSPS) is 16.5. The van der Waals surface area contributed by atoms with Crippen molar-refractivity contribution in [3.8, 4) is 17.0 Å². The molecule has 1 amide bonds. The van der Waals surface area contributed by atoms with E-state index in [1.54, 1.807) is 51.1 Å². The average Bonchev–Trinajstić information content (AvgIpc) is 3.40. The second-order valence-electron chi connectivity index (χ2n) is 8.74. The second-order valence-corrected chi connectivity index (χ2v) is 8.74. The summed E-state index contributed by atoms with van der Waals surface area (Å²) in [4.78, 5) is 27.8. The molecule has 170 valence electrons. The number of nitrogens with zero attached hydrogens (tertiary/aromatic N) is 2. The van der Waals surface area contributed by atoms with Gasteiger partial charge in [-0.05, 0) is 30.3 Å². The van der Waals surface area contributed by atoms with Crippen LogP contribution in [0.15, 0.2) is 70.6 Å². The Labute approximate surface area is 190 Å². The highest BCUT2D eigenvalue weighted by atomic mass is 19.1. The van der Waals surface area contributed by atoms with Gasteiger partial charge >= 0.3 is 0 Å². The van der Waals surface area contributed by atoms with Gasteiger partial charge in [0.05, 0.1) is 18.7 Å². The molecule has 2 aromatic carbocycles. The number of aliphatic hydroxyl groups excluding tert-OH is 1. The fourth-order valence-electron chi connectivity index (χ4n) is 3.87. The number of Topliss-reactive ketones (excluding diaryl/α,β-unsaturated/α-hetero) is 1. The number of methoxy groups -OCH3 is 1. The molecule has 0 spiro atoms. The molecule has 0 bridgehead atoms. The fraction of sp³-hybridized carbons (Fsp3) is 0.240. The number of carbonyl (C=O) groups is 2. The van der Waals surface area contributed by atoms with Gasteiger partial charge < -0.3 is 14.4 Å². The lowest BCUT2D eigenvalue weighted by molar-refractivity contribution is -0.123. The third-order valence-electron chi connectivity index (χ3n) is 5.50. The molecule has 1 unspecified atom stereocenters. The van der Waals surface area contributed by atoms with Crippen molar-refractivity contribution in [1.29, 1.82) is 0 Å². The van der Waals surface area contributed by atoms with Crippen LogP contribution in [0.5, 0.6) is 5.75 Å². The zero-order valence-electron chi connectivity index (χ0n) is 18.6. The molecule has 1 N–H and O–H groups in total. The van der Waals surface area contributed by atoms with Crippen LogP contribution in [0.4, 0.5) is 10.1 Å². The minimum Gasteiger partial charge on any atom is -0.503 e. The first kappa shape index (κ1) is 22.3. The summed E-state index contributed by atoms with van der Waals surface area (Å²) in [5, 5.41) is 14.7. The summed E-state index contributed by atoms with van der Waals surface area (Å²) in [6.07, 6.45) is 1.45. The fourth-order valence-corrected chi connectivity index (χ4v) is 3.87. The van der Waals surface area contributed by atoms with Crippen LogP contribution in [0.25, 0.3) is 11.3 Å². The average molecular weight is 450 g/mol. The topological polar surface area (TPSA) is 92.9 Å². The summed E-state index contributed by atoms with van der Waals surface area (Å²) >= 11 is 0. The third-order valence-corrected chi connectivity index (χ3v) is 5.50. The van der Waals surface area contributed by atoms with Gasteiger partial charge in [0, 0.05) is 28.3 Å². The van der Waals surface area contributed by atoms with Crippen LogP contribution in [-0.2, 0) is 9.59 Å². The lowest BCUT2D eigenvalue weighted by atomic mass is 9.82. The number of hydrogen-bond acceptors (Lipinski definition) is 6.